The minimum Gasteiger partial charge on any atom is -0.322 e. The second-order valence-corrected chi connectivity index (χ2v) is 9.54. The molecule has 9 nitrogen and oxygen atoms in total. The van der Waals surface area contributed by atoms with Gasteiger partial charge in [0.2, 0.25) is 5.91 Å². The number of non-ortho nitro benzene ring substituents is 1. The molecule has 0 aromatic heterocycles. The van der Waals surface area contributed by atoms with Crippen LogP contribution in [0, 0.1) is 10.1 Å². The highest BCUT2D eigenvalue weighted by Crippen LogP contribution is 2.26. The lowest BCUT2D eigenvalue weighted by atomic mass is 10.2. The van der Waals surface area contributed by atoms with Gasteiger partial charge in [0.15, 0.2) is 9.84 Å². The Morgan fingerprint density at radius 3 is 2.32 bits per heavy atom. The summed E-state index contributed by atoms with van der Waals surface area (Å²) in [5.74, 6) is -1.00. The molecule has 11 heteroatoms. The Hall–Kier alpha value is -4.02. The number of hydrogen-bond donors (Lipinski definition) is 2. The highest BCUT2D eigenvalue weighted by Gasteiger charge is 2.13. The zero-order valence-corrected chi connectivity index (χ0v) is 19.3. The topological polar surface area (TPSA) is 135 Å². The molecule has 3 aromatic rings. The van der Waals surface area contributed by atoms with E-state index in [4.69, 9.17) is 11.6 Å². The highest BCUT2D eigenvalue weighted by molar-refractivity contribution is 7.90. The molecule has 0 aliphatic carbocycles. The van der Waals surface area contributed by atoms with Crippen LogP contribution in [0.15, 0.2) is 77.7 Å². The van der Waals surface area contributed by atoms with Crippen molar-refractivity contribution in [3.8, 4) is 0 Å². The van der Waals surface area contributed by atoms with Gasteiger partial charge in [0.25, 0.3) is 11.6 Å². The van der Waals surface area contributed by atoms with Crippen molar-refractivity contribution in [3.05, 3.63) is 99.1 Å². The number of sulfone groups is 1. The second kappa shape index (κ2) is 10.3. The quantitative estimate of drug-likeness (QED) is 0.278. The van der Waals surface area contributed by atoms with E-state index in [1.165, 1.54) is 78.9 Å². The molecule has 3 aromatic carbocycles. The van der Waals surface area contributed by atoms with E-state index in [1.54, 1.807) is 0 Å². The summed E-state index contributed by atoms with van der Waals surface area (Å²) in [5, 5.41) is 16.1. The maximum Gasteiger partial charge on any atom is 0.269 e. The van der Waals surface area contributed by atoms with Crippen LogP contribution in [-0.4, -0.2) is 31.4 Å². The first-order valence-electron chi connectivity index (χ1n) is 9.67. The first-order valence-corrected chi connectivity index (χ1v) is 11.9. The largest absolute Gasteiger partial charge is 0.322 e. The molecular formula is C23H18ClN3O6S. The number of nitrogens with one attached hydrogen (secondary N) is 2. The Labute approximate surface area is 200 Å². The van der Waals surface area contributed by atoms with Crippen LogP contribution in [0.1, 0.15) is 15.9 Å². The predicted octanol–water partition coefficient (Wildman–Crippen LogP) is 4.56. The molecule has 0 fully saturated rings. The Kier molecular flexibility index (Phi) is 7.44. The first-order chi connectivity index (χ1) is 16.0. The average molecular weight is 500 g/mol. The molecule has 2 amide bonds. The number of rotatable bonds is 7. The number of halogens is 1. The third-order valence-corrected chi connectivity index (χ3v) is 5.96. The van der Waals surface area contributed by atoms with Crippen LogP contribution in [0.3, 0.4) is 0 Å². The summed E-state index contributed by atoms with van der Waals surface area (Å²) in [4.78, 5) is 34.9. The first kappa shape index (κ1) is 24.6. The van der Waals surface area contributed by atoms with Gasteiger partial charge >= 0.3 is 0 Å². The van der Waals surface area contributed by atoms with E-state index in [9.17, 15) is 28.1 Å². The molecule has 174 valence electrons. The summed E-state index contributed by atoms with van der Waals surface area (Å²) in [5.41, 5.74) is 1.35. The fourth-order valence-electron chi connectivity index (χ4n) is 2.82. The molecule has 0 bridgehead atoms. The lowest BCUT2D eigenvalue weighted by molar-refractivity contribution is -0.384. The fraction of sp³-hybridized carbons (Fsp3) is 0.0435. The van der Waals surface area contributed by atoms with Crippen molar-refractivity contribution in [2.75, 3.05) is 16.9 Å². The number of carbonyl (C=O) groups excluding carboxylic acids is 2. The lowest BCUT2D eigenvalue weighted by Gasteiger charge is -2.10. The zero-order chi connectivity index (χ0) is 24.9. The molecule has 0 saturated heterocycles. The van der Waals surface area contributed by atoms with Crippen molar-refractivity contribution in [1.82, 2.24) is 0 Å². The number of nitro groups is 1. The van der Waals surface area contributed by atoms with Crippen molar-refractivity contribution in [2.24, 2.45) is 0 Å². The molecule has 2 N–H and O–H groups in total. The van der Waals surface area contributed by atoms with Gasteiger partial charge in [-0.15, -0.1) is 0 Å². The minimum absolute atomic E-state index is 0.0195. The number of nitrogens with zero attached hydrogens (tertiary/aromatic N) is 1. The van der Waals surface area contributed by atoms with E-state index in [1.807, 2.05) is 0 Å². The SMILES string of the molecule is CS(=O)(=O)c1cccc(C(=O)Nc2ccc(NC(=O)/C=C/c3ccc([N+](=O)[O-])cc3)cc2Cl)c1. The van der Waals surface area contributed by atoms with Gasteiger partial charge in [-0.2, -0.15) is 0 Å². The molecule has 3 rings (SSSR count). The van der Waals surface area contributed by atoms with Gasteiger partial charge in [-0.3, -0.25) is 19.7 Å². The Morgan fingerprint density at radius 2 is 1.71 bits per heavy atom. The van der Waals surface area contributed by atoms with E-state index >= 15 is 0 Å². The smallest absolute Gasteiger partial charge is 0.269 e. The number of hydrogen-bond acceptors (Lipinski definition) is 6. The Balaban J connectivity index is 1.65. The number of amides is 2. The van der Waals surface area contributed by atoms with Crippen LogP contribution in [-0.2, 0) is 14.6 Å². The number of carbonyl (C=O) groups is 2. The Morgan fingerprint density at radius 1 is 1.00 bits per heavy atom. The molecule has 0 heterocycles. The van der Waals surface area contributed by atoms with E-state index in [2.05, 4.69) is 10.6 Å². The van der Waals surface area contributed by atoms with E-state index < -0.39 is 26.6 Å². The van der Waals surface area contributed by atoms with Crippen molar-refractivity contribution in [3.63, 3.8) is 0 Å². The van der Waals surface area contributed by atoms with Crippen LogP contribution in [0.4, 0.5) is 17.1 Å². The Bertz CT molecular complexity index is 1400. The molecule has 0 atom stereocenters. The standard InChI is InChI=1S/C23H18ClN3O6S/c1-34(32,33)19-4-2-3-16(13-19)23(29)26-21-11-8-17(14-20(21)24)25-22(28)12-7-15-5-9-18(10-6-15)27(30)31/h2-14H,1H3,(H,25,28)(H,26,29)/b12-7+. The van der Waals surface area contributed by atoms with Gasteiger partial charge in [-0.05, 0) is 60.2 Å². The van der Waals surface area contributed by atoms with Crippen LogP contribution in [0.25, 0.3) is 6.08 Å². The van der Waals surface area contributed by atoms with Crippen LogP contribution in [0.2, 0.25) is 5.02 Å². The van der Waals surface area contributed by atoms with Crippen molar-refractivity contribution in [1.29, 1.82) is 0 Å². The summed E-state index contributed by atoms with van der Waals surface area (Å²) in [6.45, 7) is 0. The lowest BCUT2D eigenvalue weighted by Crippen LogP contribution is -2.13. The van der Waals surface area contributed by atoms with Crippen LogP contribution < -0.4 is 10.6 Å². The summed E-state index contributed by atoms with van der Waals surface area (Å²) in [7, 11) is -3.46. The van der Waals surface area contributed by atoms with Crippen molar-refractivity contribution >= 4 is 56.4 Å². The number of nitro benzene ring substituents is 1. The minimum atomic E-state index is -3.46. The maximum atomic E-state index is 12.5. The molecule has 0 radical (unpaired) electrons. The van der Waals surface area contributed by atoms with E-state index in [0.29, 0.717) is 11.3 Å². The molecule has 0 unspecified atom stereocenters. The number of anilines is 2. The maximum absolute atomic E-state index is 12.5. The monoisotopic (exact) mass is 499 g/mol. The normalized spacial score (nSPS) is 11.2. The zero-order valence-electron chi connectivity index (χ0n) is 17.7. The van der Waals surface area contributed by atoms with E-state index in [0.717, 1.165) is 6.26 Å². The van der Waals surface area contributed by atoms with E-state index in [-0.39, 0.29) is 26.9 Å². The van der Waals surface area contributed by atoms with Crippen molar-refractivity contribution in [2.45, 2.75) is 4.90 Å². The van der Waals surface area contributed by atoms with Gasteiger partial charge in [-0.25, -0.2) is 8.42 Å². The van der Waals surface area contributed by atoms with Gasteiger partial charge in [-0.1, -0.05) is 17.7 Å². The third-order valence-electron chi connectivity index (χ3n) is 4.54. The summed E-state index contributed by atoms with van der Waals surface area (Å²) in [6.07, 6.45) is 3.81. The molecule has 34 heavy (non-hydrogen) atoms. The van der Waals surface area contributed by atoms with Crippen LogP contribution in [0.5, 0.6) is 0 Å². The van der Waals surface area contributed by atoms with Gasteiger partial charge in [0.05, 0.1) is 20.5 Å². The molecule has 0 saturated carbocycles. The average Bonchev–Trinajstić information content (AvgIpc) is 2.79. The van der Waals surface area contributed by atoms with Crippen molar-refractivity contribution < 1.29 is 22.9 Å². The third kappa shape index (κ3) is 6.50. The van der Waals surface area contributed by atoms with Crippen LogP contribution >= 0.6 is 11.6 Å². The molecule has 0 aliphatic rings. The summed E-state index contributed by atoms with van der Waals surface area (Å²) < 4.78 is 23.4. The number of benzene rings is 3. The highest BCUT2D eigenvalue weighted by atomic mass is 35.5. The molecule has 0 spiro atoms. The van der Waals surface area contributed by atoms with Gasteiger partial charge in [0, 0.05) is 35.7 Å². The van der Waals surface area contributed by atoms with Gasteiger partial charge < -0.3 is 10.6 Å². The summed E-state index contributed by atoms with van der Waals surface area (Å²) in [6, 6.07) is 15.8. The predicted molar refractivity (Wildman–Crippen MR) is 130 cm³/mol. The fourth-order valence-corrected chi connectivity index (χ4v) is 3.71. The second-order valence-electron chi connectivity index (χ2n) is 7.12. The molecule has 0 aliphatic heterocycles. The molecular weight excluding hydrogens is 482 g/mol. The summed E-state index contributed by atoms with van der Waals surface area (Å²) >= 11 is 6.23. The van der Waals surface area contributed by atoms with Gasteiger partial charge in [0.1, 0.15) is 0 Å².